The maximum atomic E-state index is 10.6. The molecule has 1 N–H and O–H groups in total. The molecule has 0 aliphatic heterocycles. The second-order valence-corrected chi connectivity index (χ2v) is 5.23. The largest absolute Gasteiger partial charge is 0.507 e. The molecule has 0 aliphatic carbocycles. The van der Waals surface area contributed by atoms with Gasteiger partial charge < -0.3 is 5.11 Å². The normalized spacial score (nSPS) is 11.2. The van der Waals surface area contributed by atoms with Crippen molar-refractivity contribution in [3.05, 3.63) is 64.7 Å². The van der Waals surface area contributed by atoms with E-state index < -0.39 is 4.92 Å². The number of phenols is 1. The molecule has 0 fully saturated rings. The molecular formula is C16H11N3O3S. The Morgan fingerprint density at radius 2 is 1.74 bits per heavy atom. The Labute approximate surface area is 136 Å². The van der Waals surface area contributed by atoms with E-state index in [1.807, 2.05) is 24.3 Å². The number of fused-ring (bicyclic) bond motifs is 1. The molecule has 0 spiro atoms. The number of azo groups is 1. The molecule has 3 aromatic rings. The molecule has 7 heteroatoms. The number of non-ortho nitro benzene ring substituents is 1. The number of hydrogen-bond donors (Lipinski definition) is 2. The Balaban J connectivity index is 2.03. The summed E-state index contributed by atoms with van der Waals surface area (Å²) in [4.78, 5) is 10.5. The Morgan fingerprint density at radius 3 is 2.43 bits per heavy atom. The summed E-state index contributed by atoms with van der Waals surface area (Å²) in [6.07, 6.45) is 0. The summed E-state index contributed by atoms with van der Waals surface area (Å²) in [6.45, 7) is 0. The molecule has 0 aromatic heterocycles. The first kappa shape index (κ1) is 15.0. The molecule has 23 heavy (non-hydrogen) atoms. The van der Waals surface area contributed by atoms with Gasteiger partial charge in [-0.25, -0.2) is 0 Å². The maximum absolute atomic E-state index is 10.6. The first-order valence-electron chi connectivity index (χ1n) is 6.66. The zero-order valence-electron chi connectivity index (χ0n) is 11.7. The van der Waals surface area contributed by atoms with Crippen molar-refractivity contribution in [3.8, 4) is 5.75 Å². The summed E-state index contributed by atoms with van der Waals surface area (Å²) < 4.78 is 0. The van der Waals surface area contributed by atoms with Crippen molar-refractivity contribution in [2.75, 3.05) is 0 Å². The molecule has 0 saturated carbocycles. The Hall–Kier alpha value is -2.93. The fourth-order valence-corrected chi connectivity index (χ4v) is 2.38. The lowest BCUT2D eigenvalue weighted by atomic mass is 10.1. The van der Waals surface area contributed by atoms with E-state index in [-0.39, 0.29) is 11.4 Å². The highest BCUT2D eigenvalue weighted by molar-refractivity contribution is 7.80. The van der Waals surface area contributed by atoms with Crippen molar-refractivity contribution < 1.29 is 10.0 Å². The monoisotopic (exact) mass is 325 g/mol. The molecule has 3 aromatic carbocycles. The van der Waals surface area contributed by atoms with Crippen molar-refractivity contribution in [3.63, 3.8) is 0 Å². The van der Waals surface area contributed by atoms with E-state index >= 15 is 0 Å². The van der Waals surface area contributed by atoms with E-state index in [1.54, 1.807) is 6.07 Å². The van der Waals surface area contributed by atoms with Gasteiger partial charge >= 0.3 is 0 Å². The molecule has 3 rings (SSSR count). The summed E-state index contributed by atoms with van der Waals surface area (Å²) in [6, 6.07) is 14.8. The first-order valence-corrected chi connectivity index (χ1v) is 7.11. The van der Waals surface area contributed by atoms with Gasteiger partial charge in [-0.1, -0.05) is 24.3 Å². The Bertz CT molecular complexity index is 924. The number of phenolic OH excluding ortho intramolecular Hbond substituents is 1. The van der Waals surface area contributed by atoms with E-state index in [0.717, 1.165) is 10.8 Å². The second-order valence-electron chi connectivity index (χ2n) is 4.79. The van der Waals surface area contributed by atoms with Crippen LogP contribution in [-0.2, 0) is 0 Å². The van der Waals surface area contributed by atoms with Crippen molar-refractivity contribution in [1.29, 1.82) is 0 Å². The fourth-order valence-electron chi connectivity index (χ4n) is 2.15. The van der Waals surface area contributed by atoms with E-state index in [9.17, 15) is 15.2 Å². The van der Waals surface area contributed by atoms with Crippen LogP contribution in [0.2, 0.25) is 0 Å². The van der Waals surface area contributed by atoms with Crippen LogP contribution in [0.1, 0.15) is 0 Å². The van der Waals surface area contributed by atoms with E-state index in [0.29, 0.717) is 16.3 Å². The molecule has 0 unspecified atom stereocenters. The lowest BCUT2D eigenvalue weighted by Gasteiger charge is -2.06. The number of thiol groups is 1. The van der Waals surface area contributed by atoms with Gasteiger partial charge in [0.2, 0.25) is 0 Å². The summed E-state index contributed by atoms with van der Waals surface area (Å²) in [5, 5.41) is 30.4. The highest BCUT2D eigenvalue weighted by Crippen LogP contribution is 2.39. The average Bonchev–Trinajstić information content (AvgIpc) is 2.55. The molecule has 6 nitrogen and oxygen atoms in total. The number of benzene rings is 3. The lowest BCUT2D eigenvalue weighted by molar-refractivity contribution is -0.384. The third-order valence-corrected chi connectivity index (χ3v) is 3.74. The number of nitrogens with zero attached hydrogens (tertiary/aromatic N) is 3. The van der Waals surface area contributed by atoms with E-state index in [2.05, 4.69) is 22.9 Å². The highest BCUT2D eigenvalue weighted by Gasteiger charge is 2.10. The molecule has 0 saturated heterocycles. The molecular weight excluding hydrogens is 314 g/mol. The number of nitro groups is 1. The predicted octanol–water partition coefficient (Wildman–Crippen LogP) is 5.16. The number of nitro benzene ring substituents is 1. The third-order valence-electron chi connectivity index (χ3n) is 3.30. The van der Waals surface area contributed by atoms with Gasteiger partial charge in [0.15, 0.2) is 0 Å². The second kappa shape index (κ2) is 6.05. The van der Waals surface area contributed by atoms with Gasteiger partial charge in [0.25, 0.3) is 5.69 Å². The molecule has 0 bridgehead atoms. The van der Waals surface area contributed by atoms with Gasteiger partial charge in [0.1, 0.15) is 11.4 Å². The van der Waals surface area contributed by atoms with Gasteiger partial charge in [-0.15, -0.1) is 17.7 Å². The topological polar surface area (TPSA) is 88.1 Å². The molecule has 114 valence electrons. The van der Waals surface area contributed by atoms with Crippen molar-refractivity contribution in [2.45, 2.75) is 4.90 Å². The smallest absolute Gasteiger partial charge is 0.269 e. The number of rotatable bonds is 3. The molecule has 0 amide bonds. The number of hydrogen-bond acceptors (Lipinski definition) is 6. The molecule has 0 heterocycles. The summed E-state index contributed by atoms with van der Waals surface area (Å²) >= 11 is 4.28. The Kier molecular flexibility index (Phi) is 3.94. The van der Waals surface area contributed by atoms with Gasteiger partial charge in [-0.3, -0.25) is 10.1 Å². The van der Waals surface area contributed by atoms with Crippen LogP contribution in [0.5, 0.6) is 5.75 Å². The van der Waals surface area contributed by atoms with E-state index in [4.69, 9.17) is 0 Å². The summed E-state index contributed by atoms with van der Waals surface area (Å²) in [5.74, 6) is 0.0182. The average molecular weight is 325 g/mol. The lowest BCUT2D eigenvalue weighted by Crippen LogP contribution is -1.85. The van der Waals surface area contributed by atoms with Crippen LogP contribution in [-0.4, -0.2) is 10.0 Å². The van der Waals surface area contributed by atoms with Gasteiger partial charge in [0.05, 0.1) is 15.5 Å². The summed E-state index contributed by atoms with van der Waals surface area (Å²) in [5.41, 5.74) is 0.902. The van der Waals surface area contributed by atoms with Crippen molar-refractivity contribution >= 4 is 40.5 Å². The van der Waals surface area contributed by atoms with Crippen LogP contribution in [0.4, 0.5) is 17.1 Å². The van der Waals surface area contributed by atoms with Gasteiger partial charge in [-0.2, -0.15) is 5.11 Å². The quantitative estimate of drug-likeness (QED) is 0.302. The number of aromatic hydroxyl groups is 1. The molecule has 0 atom stereocenters. The third kappa shape index (κ3) is 3.00. The highest BCUT2D eigenvalue weighted by atomic mass is 32.1. The molecule has 0 aliphatic rings. The van der Waals surface area contributed by atoms with Crippen molar-refractivity contribution in [1.82, 2.24) is 0 Å². The van der Waals surface area contributed by atoms with Crippen LogP contribution < -0.4 is 0 Å². The summed E-state index contributed by atoms with van der Waals surface area (Å²) in [7, 11) is 0. The SMILES string of the molecule is O=[N+]([O-])c1ccc(N=Nc2c(S)c(O)cc3ccccc23)cc1. The van der Waals surface area contributed by atoms with E-state index in [1.165, 1.54) is 24.3 Å². The predicted molar refractivity (Wildman–Crippen MR) is 90.1 cm³/mol. The standard InChI is InChI=1S/C16H11N3O3S/c20-14-9-10-3-1-2-4-13(10)15(16(14)23)18-17-11-5-7-12(8-6-11)19(21)22/h1-9,20,23H. The zero-order valence-corrected chi connectivity index (χ0v) is 12.6. The van der Waals surface area contributed by atoms with Gasteiger partial charge in [-0.05, 0) is 23.6 Å². The maximum Gasteiger partial charge on any atom is 0.269 e. The molecule has 0 radical (unpaired) electrons. The van der Waals surface area contributed by atoms with Crippen LogP contribution in [0.15, 0.2) is 69.7 Å². The minimum Gasteiger partial charge on any atom is -0.507 e. The van der Waals surface area contributed by atoms with Gasteiger partial charge in [0, 0.05) is 17.5 Å². The minimum absolute atomic E-state index is 0.0124. The van der Waals surface area contributed by atoms with Crippen LogP contribution in [0.25, 0.3) is 10.8 Å². The Morgan fingerprint density at radius 1 is 1.04 bits per heavy atom. The zero-order chi connectivity index (χ0) is 16.4. The first-order chi connectivity index (χ1) is 11.1. The van der Waals surface area contributed by atoms with Crippen LogP contribution in [0.3, 0.4) is 0 Å². The van der Waals surface area contributed by atoms with Crippen LogP contribution in [0, 0.1) is 10.1 Å². The van der Waals surface area contributed by atoms with Crippen LogP contribution >= 0.6 is 12.6 Å². The minimum atomic E-state index is -0.477. The fraction of sp³-hybridized carbons (Fsp3) is 0. The van der Waals surface area contributed by atoms with Crippen molar-refractivity contribution in [2.24, 2.45) is 10.2 Å².